The maximum Gasteiger partial charge on any atom is 0.159 e. The molecule has 0 fully saturated rings. The van der Waals surface area contributed by atoms with Crippen molar-refractivity contribution in [2.75, 3.05) is 4.90 Å². The summed E-state index contributed by atoms with van der Waals surface area (Å²) in [6.45, 7) is 4.79. The van der Waals surface area contributed by atoms with Crippen LogP contribution in [0.15, 0.2) is 265 Å². The smallest absolute Gasteiger partial charge is 0.159 e. The van der Waals surface area contributed by atoms with Gasteiger partial charge in [0.05, 0.1) is 16.7 Å². The Balaban J connectivity index is 0.800. The molecule has 12 aromatic carbocycles. The van der Waals surface area contributed by atoms with E-state index in [2.05, 4.69) is 272 Å². The van der Waals surface area contributed by atoms with Crippen LogP contribution in [0.2, 0.25) is 0 Å². The summed E-state index contributed by atoms with van der Waals surface area (Å²) < 4.78 is 9.18. The van der Waals surface area contributed by atoms with Gasteiger partial charge in [-0.25, -0.2) is 0 Å². The number of nitrogens with zero attached hydrogens (tertiary/aromatic N) is 2. The summed E-state index contributed by atoms with van der Waals surface area (Å²) in [5.41, 5.74) is 21.6. The zero-order valence-corrected chi connectivity index (χ0v) is 43.5. The van der Waals surface area contributed by atoms with Gasteiger partial charge in [0.1, 0.15) is 5.58 Å². The lowest BCUT2D eigenvalue weighted by Gasteiger charge is -2.26. The van der Waals surface area contributed by atoms with Crippen LogP contribution in [0.25, 0.3) is 115 Å². The standard InChI is InChI=1S/C75H52N2O/c1-75(2)68-24-12-10-21-61(68)62-40-32-52(46-69(62)75)51-34-42-71-67(45-51)66-44-50(33-41-70(66)77(71)53-15-4-3-5-16-53)48-29-37-55(38-30-48)76(72-25-14-23-64-63-22-11-13-26-73(63)78-74(64)72)54-35-27-47(28-36-54)49-31-39-60-58-19-7-6-17-56(58)57-18-8-9-20-59(57)65(60)43-49/h3-31,33-39,41-46H,32,40H2,1-2H3. The van der Waals surface area contributed by atoms with E-state index in [-0.39, 0.29) is 5.41 Å². The molecule has 2 aliphatic rings. The van der Waals surface area contributed by atoms with Crippen LogP contribution >= 0.6 is 0 Å². The second kappa shape index (κ2) is 17.2. The molecule has 2 aliphatic carbocycles. The average Bonchev–Trinajstić information content (AvgIpc) is 4.27. The highest BCUT2D eigenvalue weighted by Gasteiger charge is 2.38. The van der Waals surface area contributed by atoms with Crippen LogP contribution < -0.4 is 4.90 Å². The molecule has 0 atom stereocenters. The van der Waals surface area contributed by atoms with E-state index in [1.807, 2.05) is 6.07 Å². The molecule has 0 radical (unpaired) electrons. The molecule has 0 saturated heterocycles. The van der Waals surface area contributed by atoms with Crippen LogP contribution in [-0.4, -0.2) is 4.57 Å². The third-order valence-corrected chi connectivity index (χ3v) is 17.3. The molecule has 78 heavy (non-hydrogen) atoms. The largest absolute Gasteiger partial charge is 0.454 e. The van der Waals surface area contributed by atoms with Crippen LogP contribution in [-0.2, 0) is 5.41 Å². The number of hydrogen-bond donors (Lipinski definition) is 0. The first kappa shape index (κ1) is 44.6. The minimum absolute atomic E-state index is 0.0245. The molecule has 0 N–H and O–H groups in total. The fourth-order valence-corrected chi connectivity index (χ4v) is 13.5. The summed E-state index contributed by atoms with van der Waals surface area (Å²) in [6.07, 6.45) is 4.60. The van der Waals surface area contributed by atoms with Gasteiger partial charge in [-0.1, -0.05) is 190 Å². The molecule has 0 aliphatic heterocycles. The first-order valence-electron chi connectivity index (χ1n) is 27.4. The molecule has 0 saturated carbocycles. The van der Waals surface area contributed by atoms with Gasteiger partial charge in [0.2, 0.25) is 0 Å². The van der Waals surface area contributed by atoms with Gasteiger partial charge in [-0.2, -0.15) is 0 Å². The maximum atomic E-state index is 6.75. The number of fused-ring (bicyclic) bond motifs is 14. The van der Waals surface area contributed by atoms with Gasteiger partial charge in [-0.15, -0.1) is 0 Å². The SMILES string of the molecule is CC1(C)C2=C(CCC(c3ccc4c(c3)c3cc(-c5ccc(N(c6ccc(-c7ccc8c9ccccc9c9ccccc9c8c7)cc6)c6cccc7c6oc6ccccc67)cc5)ccc3n4-c3ccccc3)=C2)c2ccccc21. The zero-order valence-electron chi connectivity index (χ0n) is 43.5. The van der Waals surface area contributed by atoms with Gasteiger partial charge < -0.3 is 13.9 Å². The van der Waals surface area contributed by atoms with E-state index in [4.69, 9.17) is 4.42 Å². The van der Waals surface area contributed by atoms with Crippen molar-refractivity contribution in [2.45, 2.75) is 32.1 Å². The van der Waals surface area contributed by atoms with Crippen molar-refractivity contribution in [3.8, 4) is 27.9 Å². The fourth-order valence-electron chi connectivity index (χ4n) is 13.5. The average molecular weight is 997 g/mol. The molecule has 3 heteroatoms. The molecule has 0 amide bonds. The number of anilines is 3. The molecule has 0 bridgehead atoms. The quantitative estimate of drug-likeness (QED) is 0.148. The Morgan fingerprint density at radius 2 is 0.910 bits per heavy atom. The monoisotopic (exact) mass is 996 g/mol. The lowest BCUT2D eigenvalue weighted by atomic mass is 9.78. The van der Waals surface area contributed by atoms with Crippen molar-refractivity contribution in [3.63, 3.8) is 0 Å². The fraction of sp³-hybridized carbons (Fsp3) is 0.0667. The predicted octanol–water partition coefficient (Wildman–Crippen LogP) is 20.9. The molecule has 14 aromatic rings. The van der Waals surface area contributed by atoms with Gasteiger partial charge in [-0.3, -0.25) is 0 Å². The molecule has 2 aromatic heterocycles. The van der Waals surface area contributed by atoms with E-state index in [1.54, 1.807) is 0 Å². The Morgan fingerprint density at radius 3 is 1.59 bits per heavy atom. The van der Waals surface area contributed by atoms with Gasteiger partial charge >= 0.3 is 0 Å². The third-order valence-electron chi connectivity index (χ3n) is 17.3. The molecule has 0 spiro atoms. The lowest BCUT2D eigenvalue weighted by Crippen LogP contribution is -2.17. The minimum atomic E-state index is -0.0245. The third kappa shape index (κ3) is 6.77. The number of aromatic nitrogens is 1. The lowest BCUT2D eigenvalue weighted by molar-refractivity contribution is 0.652. The van der Waals surface area contributed by atoms with Crippen molar-refractivity contribution in [3.05, 3.63) is 277 Å². The second-order valence-electron chi connectivity index (χ2n) is 21.9. The molecule has 368 valence electrons. The molecule has 3 nitrogen and oxygen atoms in total. The highest BCUT2D eigenvalue weighted by molar-refractivity contribution is 6.26. The van der Waals surface area contributed by atoms with Crippen LogP contribution in [0.3, 0.4) is 0 Å². The highest BCUT2D eigenvalue weighted by atomic mass is 16.3. The normalized spacial score (nSPS) is 14.1. The number of allylic oxidation sites excluding steroid dienone is 4. The summed E-state index contributed by atoms with van der Waals surface area (Å²) in [4.78, 5) is 2.35. The molecule has 16 rings (SSSR count). The van der Waals surface area contributed by atoms with Crippen LogP contribution in [0.4, 0.5) is 17.1 Å². The summed E-state index contributed by atoms with van der Waals surface area (Å²) in [5.74, 6) is 0. The Hall–Kier alpha value is -9.70. The Labute approximate surface area is 452 Å². The van der Waals surface area contributed by atoms with Crippen molar-refractivity contribution >= 4 is 104 Å². The van der Waals surface area contributed by atoms with E-state index in [9.17, 15) is 0 Å². The maximum absolute atomic E-state index is 6.75. The first-order chi connectivity index (χ1) is 38.4. The number of rotatable bonds is 7. The van der Waals surface area contributed by atoms with Crippen LogP contribution in [0.5, 0.6) is 0 Å². The second-order valence-corrected chi connectivity index (χ2v) is 21.9. The van der Waals surface area contributed by atoms with E-state index in [0.717, 1.165) is 68.7 Å². The summed E-state index contributed by atoms with van der Waals surface area (Å²) >= 11 is 0. The molecular weight excluding hydrogens is 945 g/mol. The predicted molar refractivity (Wildman–Crippen MR) is 330 cm³/mol. The molecular formula is C75H52N2O. The van der Waals surface area contributed by atoms with Gasteiger partial charge in [-0.05, 0) is 180 Å². The van der Waals surface area contributed by atoms with E-state index < -0.39 is 0 Å². The minimum Gasteiger partial charge on any atom is -0.454 e. The van der Waals surface area contributed by atoms with Crippen molar-refractivity contribution in [1.29, 1.82) is 0 Å². The van der Waals surface area contributed by atoms with Crippen molar-refractivity contribution in [1.82, 2.24) is 4.57 Å². The summed E-state index contributed by atoms with van der Waals surface area (Å²) in [7, 11) is 0. The Morgan fingerprint density at radius 1 is 0.397 bits per heavy atom. The van der Waals surface area contributed by atoms with Gasteiger partial charge in [0.25, 0.3) is 0 Å². The number of hydrogen-bond acceptors (Lipinski definition) is 2. The highest BCUT2D eigenvalue weighted by Crippen LogP contribution is 2.52. The van der Waals surface area contributed by atoms with Crippen LogP contribution in [0, 0.1) is 0 Å². The Bertz CT molecular complexity index is 4820. The van der Waals surface area contributed by atoms with Gasteiger partial charge in [0, 0.05) is 44.0 Å². The Kier molecular flexibility index (Phi) is 9.81. The van der Waals surface area contributed by atoms with Gasteiger partial charge in [0.15, 0.2) is 5.58 Å². The molecule has 0 unspecified atom stereocenters. The van der Waals surface area contributed by atoms with E-state index >= 15 is 0 Å². The number of furan rings is 1. The summed E-state index contributed by atoms with van der Waals surface area (Å²) in [6, 6.07) is 91.5. The zero-order chi connectivity index (χ0) is 51.6. The number of benzene rings is 12. The van der Waals surface area contributed by atoms with Crippen LogP contribution in [0.1, 0.15) is 43.4 Å². The van der Waals surface area contributed by atoms with E-state index in [0.29, 0.717) is 0 Å². The summed E-state index contributed by atoms with van der Waals surface area (Å²) in [5, 5.41) is 12.4. The van der Waals surface area contributed by atoms with Crippen molar-refractivity contribution in [2.24, 2.45) is 0 Å². The topological polar surface area (TPSA) is 21.3 Å². The van der Waals surface area contributed by atoms with E-state index in [1.165, 1.54) is 98.7 Å². The van der Waals surface area contributed by atoms with Crippen molar-refractivity contribution < 1.29 is 4.42 Å². The first-order valence-corrected chi connectivity index (χ1v) is 27.4. The number of para-hydroxylation sites is 3. The molecule has 2 heterocycles.